The summed E-state index contributed by atoms with van der Waals surface area (Å²) in [5, 5.41) is 5.12. The first kappa shape index (κ1) is 16.0. The zero-order valence-corrected chi connectivity index (χ0v) is 14.2. The quantitative estimate of drug-likeness (QED) is 0.854. The van der Waals surface area contributed by atoms with E-state index in [1.807, 2.05) is 31.2 Å². The smallest absolute Gasteiger partial charge is 0.279 e. The Balaban J connectivity index is 1.63. The number of nitrogens with one attached hydrogen (secondary N) is 2. The van der Waals surface area contributed by atoms with E-state index in [2.05, 4.69) is 22.8 Å². The summed E-state index contributed by atoms with van der Waals surface area (Å²) in [6, 6.07) is 12.3. The summed E-state index contributed by atoms with van der Waals surface area (Å²) in [5.41, 5.74) is 0.755. The number of amides is 1. The number of benzene rings is 1. The molecule has 0 aliphatic carbocycles. The number of likely N-dealkylation sites (tertiary alicyclic amines) is 1. The molecule has 0 bridgehead atoms. The summed E-state index contributed by atoms with van der Waals surface area (Å²) in [7, 11) is 0. The van der Waals surface area contributed by atoms with Crippen molar-refractivity contribution in [3.8, 4) is 5.75 Å². The second-order valence-corrected chi connectivity index (χ2v) is 6.75. The highest BCUT2D eigenvalue weighted by Crippen LogP contribution is 2.24. The maximum absolute atomic E-state index is 12.5. The maximum atomic E-state index is 12.5. The van der Waals surface area contributed by atoms with Crippen molar-refractivity contribution in [2.75, 3.05) is 25.0 Å². The second-order valence-electron chi connectivity index (χ2n) is 5.77. The standard InChI is InChI=1S/C18H22N2O2S/c1-2-22-16-9-4-3-7-14(16)19-18(21)13-20-11-5-8-15(20)17-10-6-12-23-17/h3-4,6-7,9-10,12,15H,2,5,8,11,13H2,1H3,(H,19,21)/p+1/t15-/m1/s1. The van der Waals surface area contributed by atoms with Gasteiger partial charge in [0.15, 0.2) is 6.54 Å². The van der Waals surface area contributed by atoms with Gasteiger partial charge in [0, 0.05) is 12.8 Å². The number of carbonyl (C=O) groups excluding carboxylic acids is 1. The lowest BCUT2D eigenvalue weighted by Gasteiger charge is -2.20. The van der Waals surface area contributed by atoms with Gasteiger partial charge in [-0.15, -0.1) is 11.3 Å². The molecule has 0 radical (unpaired) electrons. The summed E-state index contributed by atoms with van der Waals surface area (Å²) in [4.78, 5) is 15.2. The van der Waals surface area contributed by atoms with Gasteiger partial charge in [0.05, 0.1) is 23.7 Å². The molecule has 1 unspecified atom stereocenters. The minimum absolute atomic E-state index is 0.0515. The van der Waals surface area contributed by atoms with Crippen LogP contribution in [0.1, 0.15) is 30.7 Å². The van der Waals surface area contributed by atoms with E-state index in [-0.39, 0.29) is 5.91 Å². The Morgan fingerprint density at radius 2 is 2.22 bits per heavy atom. The van der Waals surface area contributed by atoms with Gasteiger partial charge in [0.25, 0.3) is 5.91 Å². The van der Waals surface area contributed by atoms with Gasteiger partial charge in [-0.1, -0.05) is 18.2 Å². The maximum Gasteiger partial charge on any atom is 0.279 e. The van der Waals surface area contributed by atoms with Crippen molar-refractivity contribution >= 4 is 22.9 Å². The van der Waals surface area contributed by atoms with Crippen LogP contribution in [-0.2, 0) is 4.79 Å². The number of thiophene rings is 1. The van der Waals surface area contributed by atoms with E-state index in [9.17, 15) is 4.79 Å². The zero-order valence-electron chi connectivity index (χ0n) is 13.4. The van der Waals surface area contributed by atoms with Crippen LogP contribution in [0.2, 0.25) is 0 Å². The molecule has 1 fully saturated rings. The molecule has 4 nitrogen and oxygen atoms in total. The van der Waals surface area contributed by atoms with Gasteiger partial charge in [-0.05, 0) is 30.5 Å². The molecule has 122 valence electrons. The number of hydrogen-bond acceptors (Lipinski definition) is 3. The molecule has 0 spiro atoms. The largest absolute Gasteiger partial charge is 0.492 e. The number of ether oxygens (including phenoxy) is 1. The molecule has 2 heterocycles. The summed E-state index contributed by atoms with van der Waals surface area (Å²) in [5.74, 6) is 0.783. The van der Waals surface area contributed by atoms with Crippen LogP contribution in [0.3, 0.4) is 0 Å². The van der Waals surface area contributed by atoms with Crippen LogP contribution in [0.4, 0.5) is 5.69 Å². The fourth-order valence-corrected chi connectivity index (χ4v) is 4.13. The first-order chi connectivity index (χ1) is 11.3. The Labute approximate surface area is 141 Å². The van der Waals surface area contributed by atoms with Gasteiger partial charge < -0.3 is 15.0 Å². The molecule has 1 aromatic heterocycles. The van der Waals surface area contributed by atoms with Gasteiger partial charge in [-0.25, -0.2) is 0 Å². The first-order valence-corrected chi connectivity index (χ1v) is 9.05. The van der Waals surface area contributed by atoms with Crippen LogP contribution in [0.15, 0.2) is 41.8 Å². The van der Waals surface area contributed by atoms with Gasteiger partial charge >= 0.3 is 0 Å². The van der Waals surface area contributed by atoms with Crippen molar-refractivity contribution in [3.63, 3.8) is 0 Å². The number of hydrogen-bond donors (Lipinski definition) is 2. The van der Waals surface area contributed by atoms with E-state index in [1.54, 1.807) is 11.3 Å². The Bertz CT molecular complexity index is 642. The van der Waals surface area contributed by atoms with Crippen LogP contribution in [0.5, 0.6) is 5.75 Å². The Morgan fingerprint density at radius 3 is 3.00 bits per heavy atom. The van der Waals surface area contributed by atoms with E-state index in [1.165, 1.54) is 22.6 Å². The third-order valence-corrected chi connectivity index (χ3v) is 5.20. The van der Waals surface area contributed by atoms with Crippen molar-refractivity contribution in [1.82, 2.24) is 0 Å². The summed E-state index contributed by atoms with van der Waals surface area (Å²) in [6.45, 7) is 4.09. The van der Waals surface area contributed by atoms with E-state index in [4.69, 9.17) is 4.74 Å². The van der Waals surface area contributed by atoms with Crippen LogP contribution in [-0.4, -0.2) is 25.6 Å². The summed E-state index contributed by atoms with van der Waals surface area (Å²) >= 11 is 1.79. The van der Waals surface area contributed by atoms with Crippen molar-refractivity contribution < 1.29 is 14.4 Å². The molecule has 2 aromatic rings. The molecule has 5 heteroatoms. The number of quaternary nitrogens is 1. The average Bonchev–Trinajstić information content (AvgIpc) is 3.20. The summed E-state index contributed by atoms with van der Waals surface area (Å²) in [6.07, 6.45) is 2.35. The molecule has 3 rings (SSSR count). The second kappa shape index (κ2) is 7.62. The topological polar surface area (TPSA) is 42.8 Å². The van der Waals surface area contributed by atoms with Crippen molar-refractivity contribution in [1.29, 1.82) is 0 Å². The molecule has 1 aromatic carbocycles. The SMILES string of the molecule is CCOc1ccccc1NC(=O)C[NH+]1CCC[C@@H]1c1cccs1. The van der Waals surface area contributed by atoms with Gasteiger partial charge in [0.1, 0.15) is 11.8 Å². The van der Waals surface area contributed by atoms with Crippen LogP contribution < -0.4 is 15.0 Å². The molecular weight excluding hydrogens is 308 g/mol. The fraction of sp³-hybridized carbons (Fsp3) is 0.389. The van der Waals surface area contributed by atoms with E-state index in [0.29, 0.717) is 19.2 Å². The molecule has 1 aliphatic rings. The molecule has 2 N–H and O–H groups in total. The minimum atomic E-state index is 0.0515. The number of para-hydroxylation sites is 2. The fourth-order valence-electron chi connectivity index (χ4n) is 3.21. The molecule has 0 saturated carbocycles. The van der Waals surface area contributed by atoms with E-state index >= 15 is 0 Å². The Morgan fingerprint density at radius 1 is 1.35 bits per heavy atom. The van der Waals surface area contributed by atoms with Crippen molar-refractivity contribution in [2.24, 2.45) is 0 Å². The number of anilines is 1. The monoisotopic (exact) mass is 331 g/mol. The molecule has 23 heavy (non-hydrogen) atoms. The minimum Gasteiger partial charge on any atom is -0.492 e. The molecular formula is C18H23N2O2S+. The summed E-state index contributed by atoms with van der Waals surface area (Å²) < 4.78 is 5.57. The third kappa shape index (κ3) is 3.92. The van der Waals surface area contributed by atoms with Gasteiger partial charge in [0.2, 0.25) is 0 Å². The number of rotatable bonds is 6. The lowest BCUT2D eigenvalue weighted by atomic mass is 10.2. The third-order valence-electron chi connectivity index (χ3n) is 4.22. The average molecular weight is 331 g/mol. The van der Waals surface area contributed by atoms with Crippen LogP contribution in [0, 0.1) is 0 Å². The Kier molecular flexibility index (Phi) is 5.31. The lowest BCUT2D eigenvalue weighted by Crippen LogP contribution is -3.11. The first-order valence-electron chi connectivity index (χ1n) is 8.17. The normalized spacial score (nSPS) is 20.4. The van der Waals surface area contributed by atoms with Gasteiger partial charge in [-0.3, -0.25) is 4.79 Å². The highest BCUT2D eigenvalue weighted by atomic mass is 32.1. The highest BCUT2D eigenvalue weighted by Gasteiger charge is 2.32. The van der Waals surface area contributed by atoms with Crippen LogP contribution >= 0.6 is 11.3 Å². The Hall–Kier alpha value is -1.85. The van der Waals surface area contributed by atoms with E-state index in [0.717, 1.165) is 18.0 Å². The predicted molar refractivity (Wildman–Crippen MR) is 93.2 cm³/mol. The zero-order chi connectivity index (χ0) is 16.1. The highest BCUT2D eigenvalue weighted by molar-refractivity contribution is 7.10. The van der Waals surface area contributed by atoms with Crippen LogP contribution in [0.25, 0.3) is 0 Å². The molecule has 1 aliphatic heterocycles. The molecule has 1 amide bonds. The number of carbonyl (C=O) groups is 1. The van der Waals surface area contributed by atoms with Gasteiger partial charge in [-0.2, -0.15) is 0 Å². The molecule has 2 atom stereocenters. The van der Waals surface area contributed by atoms with Crippen molar-refractivity contribution in [3.05, 3.63) is 46.7 Å². The lowest BCUT2D eigenvalue weighted by molar-refractivity contribution is -0.910. The molecule has 1 saturated heterocycles. The van der Waals surface area contributed by atoms with E-state index < -0.39 is 0 Å². The predicted octanol–water partition coefficient (Wildman–Crippen LogP) is 2.51. The van der Waals surface area contributed by atoms with Crippen molar-refractivity contribution in [2.45, 2.75) is 25.8 Å².